The van der Waals surface area contributed by atoms with E-state index in [2.05, 4.69) is 91.0 Å². The molecule has 0 aromatic carbocycles. The third kappa shape index (κ3) is 5.18. The van der Waals surface area contributed by atoms with Crippen LogP contribution in [0.1, 0.15) is 22.5 Å². The number of aryl methyl sites for hydroxylation is 4. The number of likely N-dealkylation sites (N-methyl/N-ethyl adjacent to an activating group) is 2. The Kier molecular flexibility index (Phi) is 7.52. The predicted molar refractivity (Wildman–Crippen MR) is 186 cm³/mol. The fourth-order valence-corrected chi connectivity index (χ4v) is 6.24. The number of fused-ring (bicyclic) bond motifs is 2. The third-order valence-electron chi connectivity index (χ3n) is 9.63. The summed E-state index contributed by atoms with van der Waals surface area (Å²) in [5.41, 5.74) is 14.8. The van der Waals surface area contributed by atoms with Gasteiger partial charge in [0.2, 0.25) is 0 Å². The number of aliphatic imine (C=N–C) groups is 2. The maximum Gasteiger partial charge on any atom is 0.177 e. The van der Waals surface area contributed by atoms with Crippen molar-refractivity contribution in [1.29, 1.82) is 5.41 Å². The van der Waals surface area contributed by atoms with E-state index >= 15 is 0 Å². The molecule has 0 aliphatic carbocycles. The number of piperazine rings is 2. The number of nitrogens with zero attached hydrogens (tertiary/aromatic N) is 10. The quantitative estimate of drug-likeness (QED) is 0.317. The van der Waals surface area contributed by atoms with Crippen LogP contribution in [-0.2, 0) is 0 Å². The van der Waals surface area contributed by atoms with Crippen molar-refractivity contribution >= 4 is 51.4 Å². The van der Waals surface area contributed by atoms with Gasteiger partial charge in [0.1, 0.15) is 11.4 Å². The molecule has 2 fully saturated rings. The largest absolute Gasteiger partial charge is 0.396 e. The van der Waals surface area contributed by atoms with Gasteiger partial charge in [0, 0.05) is 63.7 Å². The molecule has 0 radical (unpaired) electrons. The SMILES string of the molecule is Cc1ccc2c(N=C3NC(=Nc4c(N5CCN(C)CC5)nn5c(C)c(C)ccc45)C(N)=CC3=N)c(N3CCN(C)CC3)nn2c1C. The van der Waals surface area contributed by atoms with Crippen molar-refractivity contribution in [2.45, 2.75) is 27.7 Å². The average molecular weight is 622 g/mol. The smallest absolute Gasteiger partial charge is 0.177 e. The summed E-state index contributed by atoms with van der Waals surface area (Å²) in [5.74, 6) is 2.47. The molecule has 0 saturated carbocycles. The molecule has 13 nitrogen and oxygen atoms in total. The summed E-state index contributed by atoms with van der Waals surface area (Å²) < 4.78 is 3.95. The van der Waals surface area contributed by atoms with Gasteiger partial charge in [-0.3, -0.25) is 5.41 Å². The first-order valence-electron chi connectivity index (χ1n) is 15.9. The maximum atomic E-state index is 8.87. The Labute approximate surface area is 269 Å². The zero-order valence-corrected chi connectivity index (χ0v) is 27.6. The van der Waals surface area contributed by atoms with Gasteiger partial charge in [-0.25, -0.2) is 19.0 Å². The summed E-state index contributed by atoms with van der Waals surface area (Å²) >= 11 is 0. The zero-order chi connectivity index (χ0) is 32.3. The first kappa shape index (κ1) is 29.9. The van der Waals surface area contributed by atoms with E-state index in [1.165, 1.54) is 0 Å². The standard InChI is InChI=1S/C33H43N13/c1-20-7-9-26-28(32(39-45(26)22(20)3)43-15-11-41(5)12-16-43)36-30-24(34)19-25(35)31(38-30)37-29-27-10-8-21(2)23(4)46(27)40-33(29)44-17-13-42(6)14-18-44/h7-10,19,34H,11-18,35H2,1-6H3,(H,36,37,38). The van der Waals surface area contributed by atoms with Crippen molar-refractivity contribution < 1.29 is 0 Å². The van der Waals surface area contributed by atoms with Gasteiger partial charge in [-0.1, -0.05) is 12.1 Å². The Morgan fingerprint density at radius 2 is 1.11 bits per heavy atom. The maximum absolute atomic E-state index is 8.87. The van der Waals surface area contributed by atoms with Crippen LogP contribution in [0.25, 0.3) is 11.0 Å². The third-order valence-corrected chi connectivity index (χ3v) is 9.63. The van der Waals surface area contributed by atoms with E-state index in [1.807, 2.05) is 9.03 Å². The van der Waals surface area contributed by atoms with Crippen molar-refractivity contribution in [2.75, 3.05) is 76.3 Å². The Balaban J connectivity index is 1.34. The zero-order valence-electron chi connectivity index (χ0n) is 27.6. The highest BCUT2D eigenvalue weighted by molar-refractivity contribution is 6.50. The summed E-state index contributed by atoms with van der Waals surface area (Å²) in [6, 6.07) is 8.34. The van der Waals surface area contributed by atoms with Crippen LogP contribution in [0.5, 0.6) is 0 Å². The minimum Gasteiger partial charge on any atom is -0.396 e. The number of aromatic nitrogens is 4. The Hall–Kier alpha value is -4.75. The lowest BCUT2D eigenvalue weighted by Crippen LogP contribution is -2.45. The van der Waals surface area contributed by atoms with E-state index in [4.69, 9.17) is 31.3 Å². The minimum atomic E-state index is 0.189. The van der Waals surface area contributed by atoms with Crippen LogP contribution >= 0.6 is 0 Å². The first-order valence-corrected chi connectivity index (χ1v) is 15.9. The number of hydrogen-bond donors (Lipinski definition) is 3. The van der Waals surface area contributed by atoms with E-state index < -0.39 is 0 Å². The van der Waals surface area contributed by atoms with E-state index in [-0.39, 0.29) is 5.71 Å². The van der Waals surface area contributed by atoms with E-state index in [0.29, 0.717) is 17.4 Å². The molecule has 4 aromatic rings. The minimum absolute atomic E-state index is 0.189. The van der Waals surface area contributed by atoms with E-state index in [0.717, 1.165) is 109 Å². The van der Waals surface area contributed by atoms with Gasteiger partial charge in [-0.05, 0) is 71.1 Å². The molecule has 0 amide bonds. The molecule has 7 rings (SSSR count). The Bertz CT molecular complexity index is 1940. The molecule has 2 saturated heterocycles. The van der Waals surface area contributed by atoms with Gasteiger partial charge in [-0.2, -0.15) is 0 Å². The monoisotopic (exact) mass is 621 g/mol. The molecular formula is C33H43N13. The van der Waals surface area contributed by atoms with Gasteiger partial charge in [0.05, 0.1) is 22.4 Å². The number of nitrogens with two attached hydrogens (primary N) is 1. The Morgan fingerprint density at radius 3 is 1.57 bits per heavy atom. The van der Waals surface area contributed by atoms with Crippen molar-refractivity contribution in [3.8, 4) is 0 Å². The molecule has 3 aliphatic rings. The predicted octanol–water partition coefficient (Wildman–Crippen LogP) is 2.95. The molecule has 7 heterocycles. The lowest BCUT2D eigenvalue weighted by atomic mass is 10.1. The second kappa shape index (κ2) is 11.6. The van der Waals surface area contributed by atoms with Crippen LogP contribution in [0.4, 0.5) is 23.0 Å². The van der Waals surface area contributed by atoms with Crippen LogP contribution in [0.2, 0.25) is 0 Å². The molecule has 4 N–H and O–H groups in total. The second-order valence-corrected chi connectivity index (χ2v) is 12.8. The topological polar surface area (TPSA) is 134 Å². The molecular weight excluding hydrogens is 578 g/mol. The fourth-order valence-electron chi connectivity index (χ4n) is 6.24. The van der Waals surface area contributed by atoms with Gasteiger partial charge in [-0.15, -0.1) is 10.2 Å². The van der Waals surface area contributed by atoms with Crippen molar-refractivity contribution in [3.63, 3.8) is 0 Å². The molecule has 3 aliphatic heterocycles. The highest BCUT2D eigenvalue weighted by atomic mass is 15.4. The van der Waals surface area contributed by atoms with Crippen molar-refractivity contribution in [3.05, 3.63) is 58.6 Å². The Morgan fingerprint density at radius 1 is 0.674 bits per heavy atom. The van der Waals surface area contributed by atoms with Gasteiger partial charge in [0.15, 0.2) is 23.3 Å². The van der Waals surface area contributed by atoms with Gasteiger partial charge < -0.3 is 30.7 Å². The molecule has 240 valence electrons. The molecule has 0 bridgehead atoms. The normalized spacial score (nSPS) is 20.4. The molecule has 46 heavy (non-hydrogen) atoms. The number of nitrogens with one attached hydrogen (secondary N) is 2. The summed E-state index contributed by atoms with van der Waals surface area (Å²) in [6.45, 7) is 15.5. The number of rotatable bonds is 4. The van der Waals surface area contributed by atoms with E-state index in [1.54, 1.807) is 6.08 Å². The molecule has 13 heteroatoms. The summed E-state index contributed by atoms with van der Waals surface area (Å²) in [6.07, 6.45) is 1.63. The number of amidine groups is 2. The molecule has 4 aromatic heterocycles. The molecule has 0 spiro atoms. The summed E-state index contributed by atoms with van der Waals surface area (Å²) in [5, 5.41) is 22.3. The van der Waals surface area contributed by atoms with Crippen LogP contribution in [-0.4, -0.2) is 113 Å². The first-order chi connectivity index (χ1) is 22.1. The molecule has 0 atom stereocenters. The summed E-state index contributed by atoms with van der Waals surface area (Å²) in [4.78, 5) is 19.5. The van der Waals surface area contributed by atoms with Gasteiger partial charge in [0.25, 0.3) is 0 Å². The number of hydrogen-bond acceptors (Lipinski definition) is 10. The van der Waals surface area contributed by atoms with Crippen LogP contribution < -0.4 is 20.9 Å². The lowest BCUT2D eigenvalue weighted by Gasteiger charge is -2.32. The number of pyridine rings is 2. The van der Waals surface area contributed by atoms with Crippen LogP contribution in [0.3, 0.4) is 0 Å². The average Bonchev–Trinajstić information content (AvgIpc) is 3.59. The second-order valence-electron chi connectivity index (χ2n) is 12.8. The summed E-state index contributed by atoms with van der Waals surface area (Å²) in [7, 11) is 4.28. The van der Waals surface area contributed by atoms with Gasteiger partial charge >= 0.3 is 0 Å². The van der Waals surface area contributed by atoms with Crippen molar-refractivity contribution in [1.82, 2.24) is 34.3 Å². The van der Waals surface area contributed by atoms with Crippen LogP contribution in [0.15, 0.2) is 46.0 Å². The number of anilines is 2. The van der Waals surface area contributed by atoms with E-state index in [9.17, 15) is 0 Å². The highest BCUT2D eigenvalue weighted by Gasteiger charge is 2.28. The fraction of sp³-hybridized carbons (Fsp3) is 0.424. The van der Waals surface area contributed by atoms with Crippen LogP contribution in [0, 0.1) is 33.1 Å². The lowest BCUT2D eigenvalue weighted by molar-refractivity contribution is 0.312. The van der Waals surface area contributed by atoms with Crippen molar-refractivity contribution in [2.24, 2.45) is 15.7 Å². The molecule has 0 unspecified atom stereocenters. The highest BCUT2D eigenvalue weighted by Crippen LogP contribution is 2.36.